The van der Waals surface area contributed by atoms with Gasteiger partial charge in [0.25, 0.3) is 0 Å². The van der Waals surface area contributed by atoms with Crippen molar-refractivity contribution < 1.29 is 9.59 Å². The first-order chi connectivity index (χ1) is 11.0. The maximum atomic E-state index is 13.2. The van der Waals surface area contributed by atoms with Gasteiger partial charge in [0, 0.05) is 24.7 Å². The molecule has 0 unspecified atom stereocenters. The largest absolute Gasteiger partial charge is 0.370 e. The number of rotatable bonds is 1. The number of carbonyl (C=O) groups is 2. The van der Waals surface area contributed by atoms with Gasteiger partial charge < -0.3 is 4.90 Å². The van der Waals surface area contributed by atoms with E-state index in [9.17, 15) is 9.59 Å². The molecular formula is C20H23NO2. The topological polar surface area (TPSA) is 37.4 Å². The molecule has 1 aromatic carbocycles. The first-order valence-corrected chi connectivity index (χ1v) is 8.60. The molecule has 1 fully saturated rings. The molecule has 4 rings (SSSR count). The normalized spacial score (nSPS) is 29.6. The molecule has 1 aromatic rings. The van der Waals surface area contributed by atoms with Crippen molar-refractivity contribution in [1.29, 1.82) is 0 Å². The second-order valence-electron chi connectivity index (χ2n) is 7.92. The Bertz CT molecular complexity index is 702. The second-order valence-corrected chi connectivity index (χ2v) is 7.92. The maximum absolute atomic E-state index is 13.2. The molecule has 0 N–H and O–H groups in total. The third kappa shape index (κ3) is 2.25. The zero-order valence-electron chi connectivity index (χ0n) is 13.8. The Morgan fingerprint density at radius 1 is 1.09 bits per heavy atom. The lowest BCUT2D eigenvalue weighted by Gasteiger charge is -2.45. The van der Waals surface area contributed by atoms with Crippen LogP contribution in [0.25, 0.3) is 0 Å². The van der Waals surface area contributed by atoms with Crippen molar-refractivity contribution in [1.82, 2.24) is 4.90 Å². The van der Waals surface area contributed by atoms with Crippen molar-refractivity contribution in [3.63, 3.8) is 0 Å². The Balaban J connectivity index is 1.84. The molecule has 2 atom stereocenters. The highest BCUT2D eigenvalue weighted by atomic mass is 16.2. The Morgan fingerprint density at radius 3 is 2.57 bits per heavy atom. The van der Waals surface area contributed by atoms with E-state index in [1.807, 2.05) is 30.3 Å². The Kier molecular flexibility index (Phi) is 3.22. The first-order valence-electron chi connectivity index (χ1n) is 8.60. The SMILES string of the molecule is CC1(C)CC(=O)C2=C(C1)N1CCC[C@H]1[C@@H](c1ccccc1)C2=O. The molecule has 0 amide bonds. The lowest BCUT2D eigenvalue weighted by molar-refractivity contribution is -0.126. The van der Waals surface area contributed by atoms with E-state index in [0.29, 0.717) is 12.0 Å². The number of allylic oxidation sites excluding steroid dienone is 2. The van der Waals surface area contributed by atoms with Crippen molar-refractivity contribution in [2.45, 2.75) is 51.5 Å². The zero-order valence-corrected chi connectivity index (χ0v) is 13.8. The van der Waals surface area contributed by atoms with Crippen LogP contribution in [-0.4, -0.2) is 29.1 Å². The van der Waals surface area contributed by atoms with Gasteiger partial charge in [-0.2, -0.15) is 0 Å². The summed E-state index contributed by atoms with van der Waals surface area (Å²) in [7, 11) is 0. The van der Waals surface area contributed by atoms with Crippen LogP contribution in [0.4, 0.5) is 0 Å². The van der Waals surface area contributed by atoms with Gasteiger partial charge in [-0.05, 0) is 30.2 Å². The average molecular weight is 309 g/mol. The maximum Gasteiger partial charge on any atom is 0.177 e. The van der Waals surface area contributed by atoms with Crippen molar-refractivity contribution in [3.8, 4) is 0 Å². The molecule has 23 heavy (non-hydrogen) atoms. The molecule has 0 spiro atoms. The minimum Gasteiger partial charge on any atom is -0.370 e. The molecule has 3 aliphatic rings. The minimum atomic E-state index is -0.178. The highest BCUT2D eigenvalue weighted by molar-refractivity contribution is 6.24. The highest BCUT2D eigenvalue weighted by Crippen LogP contribution is 2.48. The van der Waals surface area contributed by atoms with Gasteiger partial charge in [-0.15, -0.1) is 0 Å². The number of nitrogens with zero attached hydrogens (tertiary/aromatic N) is 1. The quantitative estimate of drug-likeness (QED) is 0.746. The van der Waals surface area contributed by atoms with Gasteiger partial charge in [-0.25, -0.2) is 0 Å². The van der Waals surface area contributed by atoms with Crippen LogP contribution >= 0.6 is 0 Å². The predicted octanol–water partition coefficient (Wildman–Crippen LogP) is 3.46. The number of benzene rings is 1. The number of Topliss-reactive ketones (excluding diaryl/α,β-unsaturated/α-hetero) is 2. The van der Waals surface area contributed by atoms with E-state index >= 15 is 0 Å². The van der Waals surface area contributed by atoms with E-state index in [1.165, 1.54) is 0 Å². The van der Waals surface area contributed by atoms with Gasteiger partial charge in [0.1, 0.15) is 0 Å². The van der Waals surface area contributed by atoms with Crippen LogP contribution < -0.4 is 0 Å². The third-order valence-corrected chi connectivity index (χ3v) is 5.57. The van der Waals surface area contributed by atoms with Gasteiger partial charge in [0.2, 0.25) is 0 Å². The van der Waals surface area contributed by atoms with Crippen molar-refractivity contribution in [2.75, 3.05) is 6.54 Å². The molecule has 0 aromatic heterocycles. The van der Waals surface area contributed by atoms with Crippen molar-refractivity contribution >= 4 is 11.6 Å². The number of hydrogen-bond donors (Lipinski definition) is 0. The molecule has 0 bridgehead atoms. The fourth-order valence-electron chi connectivity index (χ4n) is 4.65. The fraction of sp³-hybridized carbons (Fsp3) is 0.500. The van der Waals surface area contributed by atoms with E-state index in [0.717, 1.165) is 37.1 Å². The molecule has 0 saturated carbocycles. The first kappa shape index (κ1) is 14.7. The predicted molar refractivity (Wildman–Crippen MR) is 89.0 cm³/mol. The van der Waals surface area contributed by atoms with Crippen LogP contribution in [0.15, 0.2) is 41.6 Å². The Labute approximate surface area is 137 Å². The highest BCUT2D eigenvalue weighted by Gasteiger charge is 2.49. The van der Waals surface area contributed by atoms with E-state index < -0.39 is 0 Å². The summed E-state index contributed by atoms with van der Waals surface area (Å²) in [5, 5.41) is 0. The van der Waals surface area contributed by atoms with Gasteiger partial charge in [0.05, 0.1) is 11.5 Å². The summed E-state index contributed by atoms with van der Waals surface area (Å²) >= 11 is 0. The molecule has 0 radical (unpaired) electrons. The molecule has 3 heteroatoms. The summed E-state index contributed by atoms with van der Waals surface area (Å²) in [5.74, 6) is -0.0648. The van der Waals surface area contributed by atoms with Crippen molar-refractivity contribution in [3.05, 3.63) is 47.2 Å². The summed E-state index contributed by atoms with van der Waals surface area (Å²) in [4.78, 5) is 28.3. The summed E-state index contributed by atoms with van der Waals surface area (Å²) < 4.78 is 0. The number of fused-ring (bicyclic) bond motifs is 2. The van der Waals surface area contributed by atoms with Gasteiger partial charge in [-0.1, -0.05) is 44.2 Å². The molecular weight excluding hydrogens is 286 g/mol. The Morgan fingerprint density at radius 2 is 1.83 bits per heavy atom. The summed E-state index contributed by atoms with van der Waals surface area (Å²) in [6.45, 7) is 5.24. The molecule has 2 aliphatic heterocycles. The van der Waals surface area contributed by atoms with Crippen LogP contribution in [0.1, 0.15) is 51.0 Å². The molecule has 2 heterocycles. The zero-order chi connectivity index (χ0) is 16.2. The smallest absolute Gasteiger partial charge is 0.177 e. The molecule has 120 valence electrons. The van der Waals surface area contributed by atoms with Crippen LogP contribution in [0, 0.1) is 5.41 Å². The number of carbonyl (C=O) groups excluding carboxylic acids is 2. The molecule has 1 saturated heterocycles. The summed E-state index contributed by atoms with van der Waals surface area (Å²) in [6.07, 6.45) is 3.47. The van der Waals surface area contributed by atoms with E-state index in [-0.39, 0.29) is 28.9 Å². The lowest BCUT2D eigenvalue weighted by atomic mass is 9.69. The fourth-order valence-corrected chi connectivity index (χ4v) is 4.65. The van der Waals surface area contributed by atoms with Crippen LogP contribution in [-0.2, 0) is 9.59 Å². The van der Waals surface area contributed by atoms with E-state index in [2.05, 4.69) is 18.7 Å². The van der Waals surface area contributed by atoms with Crippen LogP contribution in [0.5, 0.6) is 0 Å². The monoisotopic (exact) mass is 309 g/mol. The number of ketones is 2. The number of hydrogen-bond acceptors (Lipinski definition) is 3. The van der Waals surface area contributed by atoms with E-state index in [1.54, 1.807) is 0 Å². The summed E-state index contributed by atoms with van der Waals surface area (Å²) in [6, 6.07) is 10.2. The van der Waals surface area contributed by atoms with E-state index in [4.69, 9.17) is 0 Å². The summed E-state index contributed by atoms with van der Waals surface area (Å²) in [5.41, 5.74) is 2.56. The standard InChI is InChI=1S/C20H23NO2/c1-20(2)11-15-18(16(22)12-20)19(23)17(13-7-4-3-5-8-13)14-9-6-10-21(14)15/h3-5,7-8,14,17H,6,9-12H2,1-2H3/t14-,17+/m0/s1. The van der Waals surface area contributed by atoms with Gasteiger partial charge >= 0.3 is 0 Å². The molecule has 3 nitrogen and oxygen atoms in total. The van der Waals surface area contributed by atoms with Gasteiger partial charge in [0.15, 0.2) is 11.6 Å². The second kappa shape index (κ2) is 5.05. The van der Waals surface area contributed by atoms with Crippen LogP contribution in [0.2, 0.25) is 0 Å². The lowest BCUT2D eigenvalue weighted by Crippen LogP contribution is -2.48. The van der Waals surface area contributed by atoms with Crippen molar-refractivity contribution in [2.24, 2.45) is 5.41 Å². The molecule has 1 aliphatic carbocycles. The third-order valence-electron chi connectivity index (χ3n) is 5.57. The van der Waals surface area contributed by atoms with Crippen LogP contribution in [0.3, 0.4) is 0 Å². The Hall–Kier alpha value is -1.90. The average Bonchev–Trinajstić information content (AvgIpc) is 2.96. The van der Waals surface area contributed by atoms with Gasteiger partial charge in [-0.3, -0.25) is 9.59 Å². The minimum absolute atomic E-state index is 0.0388.